The predicted octanol–water partition coefficient (Wildman–Crippen LogP) is 2.31. The number of amides is 13. The van der Waals surface area contributed by atoms with E-state index in [0.29, 0.717) is 38.2 Å². The Kier molecular flexibility index (Phi) is 36.3. The fraction of sp³-hybridized carbons (Fsp3) is 0.376. The minimum absolute atomic E-state index is 0.0162. The number of fused-ring (bicyclic) bond motifs is 2. The number of unbranched alkanes of at least 4 members (excludes halogenated alkanes) is 2. The molecule has 0 fully saturated rings. The van der Waals surface area contributed by atoms with Crippen molar-refractivity contribution in [3.05, 3.63) is 209 Å². The number of primary amides is 1. The molecule has 4 aromatic heterocycles. The Bertz CT molecular complexity index is 4830. The molecule has 0 aliphatic heterocycles. The number of benzene rings is 4. The summed E-state index contributed by atoms with van der Waals surface area (Å²) in [5, 5.41) is 56.8. The first-order valence-corrected chi connectivity index (χ1v) is 40.0. The molecule has 0 unspecified atom stereocenters. The molecule has 10 atom stereocenters. The topological polar surface area (TPSA) is 529 Å². The second-order valence-corrected chi connectivity index (χ2v) is 29.9. The summed E-state index contributed by atoms with van der Waals surface area (Å²) in [6, 6.07) is 25.0. The number of nitrogens with zero attached hydrogens (tertiary/aromatic N) is 3. The molecule has 0 aliphatic carbocycles. The first kappa shape index (κ1) is 92.3. The van der Waals surface area contributed by atoms with Crippen molar-refractivity contribution in [1.82, 2.24) is 89.1 Å². The minimum atomic E-state index is -1.86. The SMILES string of the molecule is CC(=O)N[C@H](Cc1ccc2ccccc2c1)C(=O)N[C@H](Cc1ccc(Cl)cc1)C(=O)N[C@H](Cc1cccnc1)C(=O)N[C@@H](CO)C(=O)N[C@@H](CCCCNC(=O)c1ccccn1)C(=O)N[C@H](CCCCNC(=O)c1ccccn1)C(=O)N[C@@H](CC(C)C)C(=O)N[C@@H](Cc1c[nH]c2ccccc12)C(=O)N[C@@H](CCCNC(=N)N)C(=O)N[C@H](C)C(N)=O. The van der Waals surface area contributed by atoms with Crippen LogP contribution in [0.3, 0.4) is 0 Å². The van der Waals surface area contributed by atoms with E-state index < -0.39 is 144 Å². The van der Waals surface area contributed by atoms with E-state index in [1.54, 1.807) is 105 Å². The van der Waals surface area contributed by atoms with E-state index in [1.807, 2.05) is 42.5 Å². The van der Waals surface area contributed by atoms with Crippen LogP contribution >= 0.6 is 11.6 Å². The summed E-state index contributed by atoms with van der Waals surface area (Å²) < 4.78 is 0. The molecule has 0 aliphatic rings. The summed E-state index contributed by atoms with van der Waals surface area (Å²) in [7, 11) is 0. The maximum absolute atomic E-state index is 15.3. The van der Waals surface area contributed by atoms with Gasteiger partial charge >= 0.3 is 0 Å². The number of aromatic nitrogens is 4. The fourth-order valence-electron chi connectivity index (χ4n) is 13.1. The van der Waals surface area contributed by atoms with Crippen LogP contribution in [0, 0.1) is 11.3 Å². The van der Waals surface area contributed by atoms with Crippen LogP contribution in [0.2, 0.25) is 5.02 Å². The van der Waals surface area contributed by atoms with Crippen molar-refractivity contribution in [3.63, 3.8) is 0 Å². The molecule has 0 radical (unpaired) electrons. The van der Waals surface area contributed by atoms with Crippen molar-refractivity contribution in [3.8, 4) is 0 Å². The molecule has 34 nitrogen and oxygen atoms in total. The van der Waals surface area contributed by atoms with Gasteiger partial charge in [0, 0.05) is 99.2 Å². The second kappa shape index (κ2) is 47.2. The highest BCUT2D eigenvalue weighted by atomic mass is 35.5. The highest BCUT2D eigenvalue weighted by Gasteiger charge is 2.37. The van der Waals surface area contributed by atoms with Crippen LogP contribution in [0.1, 0.15) is 129 Å². The molecular weight excluding hydrogens is 1560 g/mol. The quantitative estimate of drug-likeness (QED) is 0.0148. The molecule has 4 aromatic carbocycles. The van der Waals surface area contributed by atoms with E-state index in [-0.39, 0.29) is 126 Å². The molecule has 0 saturated heterocycles. The van der Waals surface area contributed by atoms with E-state index in [9.17, 15) is 53.1 Å². The zero-order valence-corrected chi connectivity index (χ0v) is 67.9. The first-order chi connectivity index (χ1) is 57.6. The van der Waals surface area contributed by atoms with Crippen molar-refractivity contribution < 1.29 is 67.4 Å². The van der Waals surface area contributed by atoms with Crippen LogP contribution in [0.4, 0.5) is 0 Å². The van der Waals surface area contributed by atoms with E-state index in [2.05, 4.69) is 89.1 Å². The number of halogens is 1. The molecule has 8 aromatic rings. The Balaban J connectivity index is 1.07. The smallest absolute Gasteiger partial charge is 0.269 e. The maximum atomic E-state index is 15.3. The van der Waals surface area contributed by atoms with Crippen molar-refractivity contribution in [2.24, 2.45) is 17.4 Å². The lowest BCUT2D eigenvalue weighted by atomic mass is 9.99. The van der Waals surface area contributed by atoms with Crippen LogP contribution in [0.25, 0.3) is 21.7 Å². The van der Waals surface area contributed by atoms with Gasteiger partial charge in [0.2, 0.25) is 65.0 Å². The molecule has 0 bridgehead atoms. The Morgan fingerprint density at radius 1 is 0.442 bits per heavy atom. The van der Waals surface area contributed by atoms with Gasteiger partial charge < -0.3 is 90.7 Å². The van der Waals surface area contributed by atoms with Gasteiger partial charge in [0.15, 0.2) is 5.96 Å². The number of pyridine rings is 3. The van der Waals surface area contributed by atoms with Gasteiger partial charge in [-0.3, -0.25) is 82.7 Å². The second-order valence-electron chi connectivity index (χ2n) is 29.4. The van der Waals surface area contributed by atoms with E-state index in [4.69, 9.17) is 28.5 Å². The number of aromatic amines is 1. The van der Waals surface area contributed by atoms with Gasteiger partial charge in [-0.05, 0) is 152 Å². The number of nitrogens with one attached hydrogen (secondary N) is 15. The van der Waals surface area contributed by atoms with Gasteiger partial charge in [-0.1, -0.05) is 116 Å². The third kappa shape index (κ3) is 30.0. The molecule has 0 spiro atoms. The van der Waals surface area contributed by atoms with Crippen molar-refractivity contribution in [2.75, 3.05) is 26.2 Å². The summed E-state index contributed by atoms with van der Waals surface area (Å²) in [6.45, 7) is 5.31. The fourth-order valence-corrected chi connectivity index (χ4v) is 13.3. The molecule has 4 heterocycles. The highest BCUT2D eigenvalue weighted by molar-refractivity contribution is 6.30. The number of hydrogen-bond acceptors (Lipinski definition) is 18. The summed E-state index contributed by atoms with van der Waals surface area (Å²) >= 11 is 6.27. The highest BCUT2D eigenvalue weighted by Crippen LogP contribution is 2.22. The normalized spacial score (nSPS) is 13.6. The third-order valence-electron chi connectivity index (χ3n) is 19.5. The van der Waals surface area contributed by atoms with Gasteiger partial charge in [-0.25, -0.2) is 0 Å². The largest absolute Gasteiger partial charge is 0.394 e. The molecule has 120 heavy (non-hydrogen) atoms. The van der Waals surface area contributed by atoms with Crippen LogP contribution in [0.15, 0.2) is 171 Å². The maximum Gasteiger partial charge on any atom is 0.269 e. The minimum Gasteiger partial charge on any atom is -0.394 e. The molecular formula is C85H105ClN20O14. The zero-order chi connectivity index (χ0) is 86.6. The Morgan fingerprint density at radius 3 is 1.42 bits per heavy atom. The van der Waals surface area contributed by atoms with Crippen molar-refractivity contribution >= 4 is 116 Å². The van der Waals surface area contributed by atoms with Gasteiger partial charge in [0.05, 0.1) is 6.61 Å². The monoisotopic (exact) mass is 1660 g/mol. The van der Waals surface area contributed by atoms with E-state index >= 15 is 14.4 Å². The number of guanidine groups is 1. The third-order valence-corrected chi connectivity index (χ3v) is 19.7. The molecule has 636 valence electrons. The number of hydrogen-bond donors (Lipinski definition) is 18. The lowest BCUT2D eigenvalue weighted by molar-refractivity contribution is -0.136. The van der Waals surface area contributed by atoms with Crippen LogP contribution in [-0.4, -0.2) is 194 Å². The molecule has 0 saturated carbocycles. The van der Waals surface area contributed by atoms with Gasteiger partial charge in [-0.15, -0.1) is 0 Å². The number of H-pyrrole nitrogens is 1. The number of rotatable bonds is 47. The molecule has 8 rings (SSSR count). The number of aliphatic hydroxyl groups excluding tert-OH is 1. The van der Waals surface area contributed by atoms with E-state index in [0.717, 1.165) is 10.8 Å². The number of para-hydroxylation sites is 1. The molecule has 35 heteroatoms. The number of carbonyl (C=O) groups excluding carboxylic acids is 13. The first-order valence-electron chi connectivity index (χ1n) is 39.6. The number of carbonyl (C=O) groups is 13. The molecule has 20 N–H and O–H groups in total. The lowest BCUT2D eigenvalue weighted by Crippen LogP contribution is -2.61. The van der Waals surface area contributed by atoms with Crippen molar-refractivity contribution in [2.45, 2.75) is 172 Å². The lowest BCUT2D eigenvalue weighted by Gasteiger charge is -2.29. The predicted molar refractivity (Wildman–Crippen MR) is 449 cm³/mol. The average molecular weight is 1670 g/mol. The van der Waals surface area contributed by atoms with Gasteiger partial charge in [0.1, 0.15) is 71.8 Å². The Labute approximate surface area is 698 Å². The number of aliphatic hydroxyl groups is 1. The van der Waals surface area contributed by atoms with Crippen LogP contribution in [-0.2, 0) is 78.4 Å². The Morgan fingerprint density at radius 2 is 0.892 bits per heavy atom. The van der Waals surface area contributed by atoms with Crippen LogP contribution in [0.5, 0.6) is 0 Å². The van der Waals surface area contributed by atoms with Crippen molar-refractivity contribution in [1.29, 1.82) is 5.41 Å². The van der Waals surface area contributed by atoms with E-state index in [1.165, 1.54) is 50.8 Å². The standard InChI is InChI=1S/C85H105ClN20O14/c1-50(2)41-67(79(115)105-71(46-58-48-96-61-23-8-7-22-60(58)61)83(119)100-66(28-18-40-95-85(88)89)76(112)97-51(3)73(87)109)102-78(114)65(27-12-16-39-94-75(111)63-25-10-14-37-92-63)99-77(113)64(26-11-15-38-93-74(110)62-24-9-13-36-91-62)101-84(120)72(49-107)106-82(118)70(45-55-19-17-35-90-47-55)104-81(117)69(43-53-30-33-59(86)34-31-53)103-80(116)68(98-52(4)108)44-54-29-32-56-20-5-6-21-57(56)42-54/h5-10,13-14,17,19-25,29-37,42,47-48,50-51,64-72,96,107H,11-12,15-16,18,26-28,38-41,43-46,49H2,1-4H3,(H2,87,109)(H,93,110)(H,94,111)(H,97,112)(H,98,108)(H,99,113)(H,100,119)(H,101,120)(H,102,114)(H,103,116)(H,104,117)(H,105,115)(H,106,118)(H4,88,89,95)/t51-,64+,65-,66+,67+,68-,69-,70-,71+,72+/m1/s1. The van der Waals surface area contributed by atoms with Crippen LogP contribution < -0.4 is 80.6 Å². The zero-order valence-electron chi connectivity index (χ0n) is 67.2. The Hall–Kier alpha value is -13.2. The van der Waals surface area contributed by atoms with Gasteiger partial charge in [0.25, 0.3) is 11.8 Å². The number of nitrogens with two attached hydrogens (primary N) is 2. The summed E-state index contributed by atoms with van der Waals surface area (Å²) in [5.74, 6) is -11.2. The summed E-state index contributed by atoms with van der Waals surface area (Å²) in [5.41, 5.74) is 14.2. The molecule has 13 amide bonds. The summed E-state index contributed by atoms with van der Waals surface area (Å²) in [4.78, 5) is 200. The van der Waals surface area contributed by atoms with Gasteiger partial charge in [-0.2, -0.15) is 0 Å². The average Bonchev–Trinajstić information content (AvgIpc) is 1.19. The summed E-state index contributed by atoms with van der Waals surface area (Å²) in [6.07, 6.45) is 7.26.